The molecule has 2 aliphatic heterocycles. The van der Waals surface area contributed by atoms with Crippen LogP contribution in [0.2, 0.25) is 10.0 Å². The zero-order valence-corrected chi connectivity index (χ0v) is 22.3. The van der Waals surface area contributed by atoms with Crippen molar-refractivity contribution in [2.45, 2.75) is 50.5 Å². The lowest BCUT2D eigenvalue weighted by Gasteiger charge is -2.40. The average molecular weight is 535 g/mol. The monoisotopic (exact) mass is 533 g/mol. The fraction of sp³-hybridized carbons (Fsp3) is 0.500. The van der Waals surface area contributed by atoms with Gasteiger partial charge in [0.25, 0.3) is 5.91 Å². The van der Waals surface area contributed by atoms with Gasteiger partial charge >= 0.3 is 0 Å². The molecule has 2 aromatic carbocycles. The quantitative estimate of drug-likeness (QED) is 0.427. The molecule has 1 atom stereocenters. The summed E-state index contributed by atoms with van der Waals surface area (Å²) in [6, 6.07) is 11.7. The molecule has 2 aliphatic rings. The molecule has 2 heterocycles. The van der Waals surface area contributed by atoms with Gasteiger partial charge in [0.1, 0.15) is 5.82 Å². The Labute approximate surface area is 223 Å². The molecule has 0 unspecified atom stereocenters. The number of carbonyl (C=O) groups is 2. The molecule has 0 bridgehead atoms. The summed E-state index contributed by atoms with van der Waals surface area (Å²) in [4.78, 5) is 31.5. The maximum atomic E-state index is 13.3. The Morgan fingerprint density at radius 1 is 1.06 bits per heavy atom. The number of benzene rings is 2. The largest absolute Gasteiger partial charge is 0.341 e. The highest BCUT2D eigenvalue weighted by atomic mass is 35.5. The lowest BCUT2D eigenvalue weighted by Crippen LogP contribution is -2.49. The van der Waals surface area contributed by atoms with Gasteiger partial charge < -0.3 is 14.7 Å². The van der Waals surface area contributed by atoms with Crippen molar-refractivity contribution < 1.29 is 14.0 Å². The number of nitrogens with zero attached hydrogens (tertiary/aromatic N) is 3. The summed E-state index contributed by atoms with van der Waals surface area (Å²) < 4.78 is 13.3. The predicted octanol–water partition coefficient (Wildman–Crippen LogP) is 5.86. The zero-order chi connectivity index (χ0) is 25.7. The van der Waals surface area contributed by atoms with Crippen molar-refractivity contribution in [1.29, 1.82) is 0 Å². The van der Waals surface area contributed by atoms with Gasteiger partial charge in [-0.2, -0.15) is 0 Å². The van der Waals surface area contributed by atoms with E-state index in [1.807, 2.05) is 12.1 Å². The summed E-state index contributed by atoms with van der Waals surface area (Å²) in [5, 5.41) is 1.00. The highest BCUT2D eigenvalue weighted by Gasteiger charge is 2.29. The van der Waals surface area contributed by atoms with Gasteiger partial charge in [0.05, 0.1) is 10.0 Å². The lowest BCUT2D eigenvalue weighted by atomic mass is 9.93. The van der Waals surface area contributed by atoms with Crippen LogP contribution < -0.4 is 0 Å². The molecule has 5 nitrogen and oxygen atoms in total. The lowest BCUT2D eigenvalue weighted by molar-refractivity contribution is -0.136. The first-order valence-electron chi connectivity index (χ1n) is 12.8. The summed E-state index contributed by atoms with van der Waals surface area (Å²) >= 11 is 12.5. The Hall–Kier alpha value is -2.15. The van der Waals surface area contributed by atoms with Crippen LogP contribution in [0.25, 0.3) is 0 Å². The molecule has 194 valence electrons. The summed E-state index contributed by atoms with van der Waals surface area (Å²) in [5.41, 5.74) is 1.50. The summed E-state index contributed by atoms with van der Waals surface area (Å²) in [5.74, 6) is -0.132. The third-order valence-corrected chi connectivity index (χ3v) is 8.24. The molecule has 2 amide bonds. The minimum atomic E-state index is -0.365. The van der Waals surface area contributed by atoms with Gasteiger partial charge in [0.15, 0.2) is 0 Å². The molecule has 8 heteroatoms. The van der Waals surface area contributed by atoms with E-state index in [0.717, 1.165) is 63.8 Å². The number of halogens is 3. The van der Waals surface area contributed by atoms with E-state index in [9.17, 15) is 14.0 Å². The first-order chi connectivity index (χ1) is 17.3. The van der Waals surface area contributed by atoms with Crippen molar-refractivity contribution >= 4 is 35.0 Å². The molecule has 4 rings (SSSR count). The fourth-order valence-corrected chi connectivity index (χ4v) is 5.67. The number of amides is 2. The second-order valence-corrected chi connectivity index (χ2v) is 10.8. The molecule has 0 radical (unpaired) electrons. The van der Waals surface area contributed by atoms with Crippen LogP contribution in [0.1, 0.15) is 60.4 Å². The number of hydrogen-bond acceptors (Lipinski definition) is 3. The van der Waals surface area contributed by atoms with Gasteiger partial charge in [0.2, 0.25) is 5.91 Å². The molecule has 0 spiro atoms. The number of piperidine rings is 2. The van der Waals surface area contributed by atoms with Crippen molar-refractivity contribution in [1.82, 2.24) is 14.7 Å². The van der Waals surface area contributed by atoms with E-state index in [1.165, 1.54) is 24.3 Å². The number of likely N-dealkylation sites (N-methyl/N-ethyl adjacent to an activating group) is 1. The summed E-state index contributed by atoms with van der Waals surface area (Å²) in [7, 11) is 1.78. The molecule has 2 fully saturated rings. The van der Waals surface area contributed by atoms with Crippen LogP contribution in [-0.4, -0.2) is 72.3 Å². The maximum Gasteiger partial charge on any atom is 0.253 e. The van der Waals surface area contributed by atoms with Crippen LogP contribution in [0.3, 0.4) is 0 Å². The van der Waals surface area contributed by atoms with Crippen molar-refractivity contribution in [2.75, 3.05) is 39.8 Å². The Morgan fingerprint density at radius 2 is 1.78 bits per heavy atom. The average Bonchev–Trinajstić information content (AvgIpc) is 2.89. The predicted molar refractivity (Wildman–Crippen MR) is 142 cm³/mol. The molecular weight excluding hydrogens is 500 g/mol. The van der Waals surface area contributed by atoms with Crippen LogP contribution in [0.15, 0.2) is 42.5 Å². The van der Waals surface area contributed by atoms with Gasteiger partial charge in [-0.25, -0.2) is 4.39 Å². The number of rotatable bonds is 8. The molecule has 36 heavy (non-hydrogen) atoms. The first-order valence-corrected chi connectivity index (χ1v) is 13.5. The Morgan fingerprint density at radius 3 is 2.44 bits per heavy atom. The minimum absolute atomic E-state index is 0.0653. The van der Waals surface area contributed by atoms with Crippen LogP contribution in [-0.2, 0) is 4.79 Å². The molecule has 0 N–H and O–H groups in total. The molecular formula is C28H34Cl2FN3O2. The second kappa shape index (κ2) is 12.4. The van der Waals surface area contributed by atoms with E-state index < -0.39 is 0 Å². The Bertz CT molecular complexity index is 1060. The standard InChI is InChI=1S/C28H34Cl2FN3O2/c1-32(28(36)20-5-8-23(31)9-6-20)19-22(21-7-10-25(29)26(30)18-21)11-15-33-16-12-24(13-17-33)34-14-3-2-4-27(34)35/h5-10,18,22,24H,2-4,11-17,19H2,1H3/t22-/m1/s1. The maximum absolute atomic E-state index is 13.3. The normalized spacial score (nSPS) is 18.3. The van der Waals surface area contributed by atoms with Crippen molar-refractivity contribution in [3.05, 3.63) is 69.5 Å². The third kappa shape index (κ3) is 6.78. The van der Waals surface area contributed by atoms with Crippen LogP contribution >= 0.6 is 23.2 Å². The smallest absolute Gasteiger partial charge is 0.253 e. The van der Waals surface area contributed by atoms with E-state index in [1.54, 1.807) is 18.0 Å². The highest BCUT2D eigenvalue weighted by molar-refractivity contribution is 6.42. The van der Waals surface area contributed by atoms with E-state index in [2.05, 4.69) is 9.80 Å². The van der Waals surface area contributed by atoms with E-state index in [0.29, 0.717) is 40.5 Å². The van der Waals surface area contributed by atoms with Crippen molar-refractivity contribution in [3.8, 4) is 0 Å². The zero-order valence-electron chi connectivity index (χ0n) is 20.8. The summed E-state index contributed by atoms with van der Waals surface area (Å²) in [6.45, 7) is 4.23. The number of hydrogen-bond donors (Lipinski definition) is 0. The van der Waals surface area contributed by atoms with E-state index >= 15 is 0 Å². The molecule has 0 saturated carbocycles. The number of likely N-dealkylation sites (tertiary alicyclic amines) is 2. The molecule has 0 aromatic heterocycles. The summed E-state index contributed by atoms with van der Waals surface area (Å²) in [6.07, 6.45) is 5.68. The third-order valence-electron chi connectivity index (χ3n) is 7.50. The van der Waals surface area contributed by atoms with Crippen LogP contribution in [0, 0.1) is 5.82 Å². The van der Waals surface area contributed by atoms with Crippen LogP contribution in [0.5, 0.6) is 0 Å². The van der Waals surface area contributed by atoms with Gasteiger partial charge in [-0.3, -0.25) is 9.59 Å². The van der Waals surface area contributed by atoms with Gasteiger partial charge in [0, 0.05) is 57.2 Å². The minimum Gasteiger partial charge on any atom is -0.341 e. The SMILES string of the molecule is CN(C[C@@H](CCN1CCC(N2CCCCC2=O)CC1)c1ccc(Cl)c(Cl)c1)C(=O)c1ccc(F)cc1. The topological polar surface area (TPSA) is 43.9 Å². The van der Waals surface area contributed by atoms with E-state index in [4.69, 9.17) is 23.2 Å². The molecule has 2 aromatic rings. The van der Waals surface area contributed by atoms with Crippen molar-refractivity contribution in [2.24, 2.45) is 0 Å². The first kappa shape index (κ1) is 26.9. The second-order valence-electron chi connectivity index (χ2n) is 9.97. The fourth-order valence-electron chi connectivity index (χ4n) is 5.36. The van der Waals surface area contributed by atoms with E-state index in [-0.39, 0.29) is 17.6 Å². The Kier molecular flexibility index (Phi) is 9.26. The molecule has 0 aliphatic carbocycles. The van der Waals surface area contributed by atoms with Gasteiger partial charge in [-0.05, 0) is 80.6 Å². The van der Waals surface area contributed by atoms with Crippen LogP contribution in [0.4, 0.5) is 4.39 Å². The van der Waals surface area contributed by atoms with Gasteiger partial charge in [-0.1, -0.05) is 29.3 Å². The number of carbonyl (C=O) groups excluding carboxylic acids is 2. The highest BCUT2D eigenvalue weighted by Crippen LogP contribution is 2.30. The molecule has 2 saturated heterocycles. The Balaban J connectivity index is 1.38. The van der Waals surface area contributed by atoms with Gasteiger partial charge in [-0.15, -0.1) is 0 Å². The van der Waals surface area contributed by atoms with Crippen molar-refractivity contribution in [3.63, 3.8) is 0 Å².